The van der Waals surface area contributed by atoms with Crippen LogP contribution in [-0.2, 0) is 0 Å². The number of carbonyl (C=O) groups excluding carboxylic acids is 1. The van der Waals surface area contributed by atoms with Gasteiger partial charge in [0, 0.05) is 5.56 Å². The molecule has 0 heterocycles. The van der Waals surface area contributed by atoms with E-state index >= 15 is 0 Å². The largest absolute Gasteiger partial charge is 0.382 e. The summed E-state index contributed by atoms with van der Waals surface area (Å²) >= 11 is 0. The minimum Gasteiger partial charge on any atom is -0.382 e. The zero-order chi connectivity index (χ0) is 15.2. The monoisotopic (exact) mass is 268 g/mol. The summed E-state index contributed by atoms with van der Waals surface area (Å²) < 4.78 is 0. The first kappa shape index (κ1) is 15.9. The van der Waals surface area contributed by atoms with Crippen LogP contribution in [0.4, 0.5) is 0 Å². The lowest BCUT2D eigenvalue weighted by Crippen LogP contribution is -2.30. The van der Waals surface area contributed by atoms with Gasteiger partial charge >= 0.3 is 0 Å². The van der Waals surface area contributed by atoms with Crippen LogP contribution in [0.3, 0.4) is 0 Å². The summed E-state index contributed by atoms with van der Waals surface area (Å²) in [6.07, 6.45) is 9.04. The van der Waals surface area contributed by atoms with Crippen molar-refractivity contribution in [1.29, 1.82) is 0 Å². The summed E-state index contributed by atoms with van der Waals surface area (Å²) in [5, 5.41) is 9.72. The highest BCUT2D eigenvalue weighted by Crippen LogP contribution is 2.19. The summed E-state index contributed by atoms with van der Waals surface area (Å²) in [6.45, 7) is 10.3. The Labute approximate surface area is 120 Å². The molecule has 104 valence electrons. The minimum atomic E-state index is -1.36. The molecule has 0 atom stereocenters. The van der Waals surface area contributed by atoms with Gasteiger partial charge in [-0.25, -0.2) is 0 Å². The summed E-state index contributed by atoms with van der Waals surface area (Å²) in [5.74, 6) is -0.292. The minimum absolute atomic E-state index is 0.292. The molecule has 1 aromatic rings. The second kappa shape index (κ2) is 6.83. The number of carbonyl (C=O) groups is 1. The van der Waals surface area contributed by atoms with Gasteiger partial charge in [-0.05, 0) is 25.0 Å². The quantitative estimate of drug-likeness (QED) is 0.626. The van der Waals surface area contributed by atoms with Gasteiger partial charge in [-0.3, -0.25) is 4.79 Å². The Bertz CT molecular complexity index is 552. The standard InChI is InChI=1S/C18H20O2/c1-5-7-9-14(8-6-2)15-10-12-16(13-11-15)17(19)18(3,4)20/h5-13,20H,1-2H2,3-4H3/b9-7-,14-8+. The molecule has 0 radical (unpaired) electrons. The smallest absolute Gasteiger partial charge is 0.193 e. The van der Waals surface area contributed by atoms with Crippen molar-refractivity contribution >= 4 is 11.4 Å². The molecule has 20 heavy (non-hydrogen) atoms. The highest BCUT2D eigenvalue weighted by atomic mass is 16.3. The van der Waals surface area contributed by atoms with E-state index in [1.807, 2.05) is 30.4 Å². The second-order valence-corrected chi connectivity index (χ2v) is 4.92. The molecular formula is C18H20O2. The third kappa shape index (κ3) is 4.18. The highest BCUT2D eigenvalue weighted by Gasteiger charge is 2.24. The Morgan fingerprint density at radius 1 is 1.10 bits per heavy atom. The second-order valence-electron chi connectivity index (χ2n) is 4.92. The van der Waals surface area contributed by atoms with Crippen molar-refractivity contribution in [2.75, 3.05) is 0 Å². The Balaban J connectivity index is 3.09. The van der Waals surface area contributed by atoms with E-state index in [1.165, 1.54) is 13.8 Å². The molecule has 0 bridgehead atoms. The first-order chi connectivity index (χ1) is 9.40. The first-order valence-electron chi connectivity index (χ1n) is 6.39. The molecule has 2 nitrogen and oxygen atoms in total. The van der Waals surface area contributed by atoms with E-state index in [2.05, 4.69) is 13.2 Å². The van der Waals surface area contributed by atoms with E-state index < -0.39 is 5.60 Å². The molecule has 0 aliphatic heterocycles. The van der Waals surface area contributed by atoms with Gasteiger partial charge in [0.1, 0.15) is 5.60 Å². The van der Waals surface area contributed by atoms with Crippen molar-refractivity contribution in [3.8, 4) is 0 Å². The van der Waals surface area contributed by atoms with Gasteiger partial charge in [0.15, 0.2) is 5.78 Å². The maximum Gasteiger partial charge on any atom is 0.193 e. The number of rotatable bonds is 6. The van der Waals surface area contributed by atoms with Gasteiger partial charge in [0.2, 0.25) is 0 Å². The van der Waals surface area contributed by atoms with Gasteiger partial charge in [-0.1, -0.05) is 67.8 Å². The van der Waals surface area contributed by atoms with Crippen LogP contribution in [0.25, 0.3) is 5.57 Å². The fraction of sp³-hybridized carbons (Fsp3) is 0.167. The van der Waals surface area contributed by atoms with Crippen LogP contribution in [0.15, 0.2) is 67.8 Å². The maximum absolute atomic E-state index is 11.9. The Morgan fingerprint density at radius 2 is 1.65 bits per heavy atom. The summed E-state index contributed by atoms with van der Waals surface area (Å²) in [4.78, 5) is 11.9. The van der Waals surface area contributed by atoms with Crippen molar-refractivity contribution in [2.24, 2.45) is 0 Å². The number of hydrogen-bond acceptors (Lipinski definition) is 2. The summed E-state index contributed by atoms with van der Waals surface area (Å²) in [5.41, 5.74) is 1.08. The number of ketones is 1. The molecule has 1 N–H and O–H groups in total. The van der Waals surface area contributed by atoms with E-state index in [0.29, 0.717) is 5.56 Å². The number of hydrogen-bond donors (Lipinski definition) is 1. The first-order valence-corrected chi connectivity index (χ1v) is 6.39. The van der Waals surface area contributed by atoms with Crippen LogP contribution in [0, 0.1) is 0 Å². The number of aliphatic hydroxyl groups is 1. The van der Waals surface area contributed by atoms with Crippen LogP contribution in [0.1, 0.15) is 29.8 Å². The summed E-state index contributed by atoms with van der Waals surface area (Å²) in [7, 11) is 0. The Kier molecular flexibility index (Phi) is 5.42. The molecule has 0 spiro atoms. The molecule has 0 saturated carbocycles. The molecule has 0 aliphatic rings. The molecule has 0 amide bonds. The lowest BCUT2D eigenvalue weighted by molar-refractivity contribution is 0.0488. The third-order valence-corrected chi connectivity index (χ3v) is 2.75. The van der Waals surface area contributed by atoms with Crippen molar-refractivity contribution in [3.63, 3.8) is 0 Å². The predicted octanol–water partition coefficient (Wildman–Crippen LogP) is 3.95. The van der Waals surface area contributed by atoms with Crippen LogP contribution >= 0.6 is 0 Å². The lowest BCUT2D eigenvalue weighted by atomic mass is 9.95. The molecule has 0 aromatic heterocycles. The maximum atomic E-state index is 11.9. The number of Topliss-reactive ketones (excluding diaryl/α,β-unsaturated/α-hetero) is 1. The van der Waals surface area contributed by atoms with Gasteiger partial charge < -0.3 is 5.11 Å². The van der Waals surface area contributed by atoms with E-state index in [9.17, 15) is 9.90 Å². The van der Waals surface area contributed by atoms with Gasteiger partial charge in [0.25, 0.3) is 0 Å². The number of benzene rings is 1. The van der Waals surface area contributed by atoms with Gasteiger partial charge in [0.05, 0.1) is 0 Å². The summed E-state index contributed by atoms with van der Waals surface area (Å²) in [6, 6.07) is 7.13. The topological polar surface area (TPSA) is 37.3 Å². The highest BCUT2D eigenvalue weighted by molar-refractivity contribution is 6.02. The van der Waals surface area contributed by atoms with Gasteiger partial charge in [-0.2, -0.15) is 0 Å². The van der Waals surface area contributed by atoms with E-state index in [4.69, 9.17) is 0 Å². The van der Waals surface area contributed by atoms with Crippen LogP contribution in [0.5, 0.6) is 0 Å². The Morgan fingerprint density at radius 3 is 2.10 bits per heavy atom. The zero-order valence-corrected chi connectivity index (χ0v) is 12.0. The molecule has 2 heteroatoms. The molecule has 0 fully saturated rings. The van der Waals surface area contributed by atoms with Crippen molar-refractivity contribution < 1.29 is 9.90 Å². The molecular weight excluding hydrogens is 248 g/mol. The fourth-order valence-electron chi connectivity index (χ4n) is 1.71. The third-order valence-electron chi connectivity index (χ3n) is 2.75. The van der Waals surface area contributed by atoms with E-state index in [1.54, 1.807) is 24.3 Å². The number of allylic oxidation sites excluding steroid dienone is 6. The average molecular weight is 268 g/mol. The SMILES string of the molecule is C=C/C=C\C(=C/C=C)c1ccc(C(=O)C(C)(C)O)cc1. The van der Waals surface area contributed by atoms with E-state index in [-0.39, 0.29) is 5.78 Å². The fourth-order valence-corrected chi connectivity index (χ4v) is 1.71. The van der Waals surface area contributed by atoms with Crippen molar-refractivity contribution in [1.82, 2.24) is 0 Å². The van der Waals surface area contributed by atoms with Crippen LogP contribution in [-0.4, -0.2) is 16.5 Å². The van der Waals surface area contributed by atoms with Crippen LogP contribution < -0.4 is 0 Å². The lowest BCUT2D eigenvalue weighted by Gasteiger charge is -2.15. The normalized spacial score (nSPS) is 12.4. The average Bonchev–Trinajstić information content (AvgIpc) is 2.42. The Hall–Kier alpha value is -2.19. The van der Waals surface area contributed by atoms with Crippen molar-refractivity contribution in [2.45, 2.75) is 19.4 Å². The zero-order valence-electron chi connectivity index (χ0n) is 12.0. The predicted molar refractivity (Wildman–Crippen MR) is 84.6 cm³/mol. The van der Waals surface area contributed by atoms with E-state index in [0.717, 1.165) is 11.1 Å². The van der Waals surface area contributed by atoms with Gasteiger partial charge in [-0.15, -0.1) is 0 Å². The van der Waals surface area contributed by atoms with Crippen molar-refractivity contribution in [3.05, 3.63) is 78.9 Å². The molecule has 1 aromatic carbocycles. The molecule has 0 unspecified atom stereocenters. The molecule has 0 saturated heterocycles. The molecule has 1 rings (SSSR count). The van der Waals surface area contributed by atoms with Crippen LogP contribution in [0.2, 0.25) is 0 Å². The molecule has 0 aliphatic carbocycles.